The number of nitrogens with zero attached hydrogens (tertiary/aromatic N) is 3. The second-order valence-corrected chi connectivity index (χ2v) is 17.3. The van der Waals surface area contributed by atoms with Gasteiger partial charge in [0.1, 0.15) is 0 Å². The Kier molecular flexibility index (Phi) is 6.74. The molecule has 0 amide bonds. The van der Waals surface area contributed by atoms with Crippen molar-refractivity contribution in [2.24, 2.45) is 4.99 Å². The van der Waals surface area contributed by atoms with Gasteiger partial charge in [-0.2, -0.15) is 0 Å². The lowest BCUT2D eigenvalue weighted by atomic mass is 9.81. The first-order chi connectivity index (χ1) is 29.0. The third-order valence-corrected chi connectivity index (χ3v) is 13.9. The van der Waals surface area contributed by atoms with Crippen molar-refractivity contribution < 1.29 is 0 Å². The van der Waals surface area contributed by atoms with Gasteiger partial charge in [-0.15, -0.1) is 0 Å². The third-order valence-electron chi connectivity index (χ3n) is 13.9. The summed E-state index contributed by atoms with van der Waals surface area (Å²) in [6.07, 6.45) is 7.70. The quantitative estimate of drug-likeness (QED) is 0.171. The highest BCUT2D eigenvalue weighted by molar-refractivity contribution is 6.28. The Balaban J connectivity index is 1.01. The highest BCUT2D eigenvalue weighted by atomic mass is 15.0. The molecule has 3 heteroatoms. The van der Waals surface area contributed by atoms with Crippen LogP contribution in [0.2, 0.25) is 0 Å². The molecule has 13 rings (SSSR count). The molecular formula is C56H41N3. The number of hydrogen-bond acceptors (Lipinski definition) is 1. The van der Waals surface area contributed by atoms with E-state index in [1.54, 1.807) is 0 Å². The number of aromatic nitrogens is 2. The topological polar surface area (TPSA) is 22.2 Å². The fraction of sp³-hybridized carbons (Fsp3) is 0.125. The Labute approximate surface area is 343 Å². The Bertz CT molecular complexity index is 3400. The standard InChI is InChI=1S/C56H41N3/c1-56(2)45-20-10-7-17-40(45)43-31-44-48(32-46(43)56)57-47(33-53(44)59-49-21-11-8-18-41(49)42-19-9-12-22-50(42)59)36-23-27-37(28-24-36)58-51-29-25-34-13-3-5-15-38(34)54(51)55-39-16-6-4-14-35(39)26-30-52(55)58/h3-8,10-18,20-32,53H,9,19,33H2,1-2H3. The maximum Gasteiger partial charge on any atom is 0.0689 e. The average molecular weight is 756 g/mol. The van der Waals surface area contributed by atoms with E-state index in [1.807, 2.05) is 0 Å². The molecular weight excluding hydrogens is 715 g/mol. The van der Waals surface area contributed by atoms with E-state index in [9.17, 15) is 0 Å². The number of para-hydroxylation sites is 1. The van der Waals surface area contributed by atoms with Gasteiger partial charge in [-0.3, -0.25) is 4.99 Å². The summed E-state index contributed by atoms with van der Waals surface area (Å²) >= 11 is 0. The maximum atomic E-state index is 5.61. The summed E-state index contributed by atoms with van der Waals surface area (Å²) in [5.41, 5.74) is 17.8. The van der Waals surface area contributed by atoms with Crippen LogP contribution in [0.4, 0.5) is 5.69 Å². The van der Waals surface area contributed by atoms with Crippen LogP contribution in [-0.4, -0.2) is 14.8 Å². The lowest BCUT2D eigenvalue weighted by Crippen LogP contribution is -2.22. The van der Waals surface area contributed by atoms with E-state index in [2.05, 4.69) is 193 Å². The lowest BCUT2D eigenvalue weighted by molar-refractivity contribution is 0.612. The molecule has 280 valence electrons. The van der Waals surface area contributed by atoms with Crippen LogP contribution in [0.5, 0.6) is 0 Å². The van der Waals surface area contributed by atoms with Crippen molar-refractivity contribution in [3.05, 3.63) is 197 Å². The fourth-order valence-electron chi connectivity index (χ4n) is 11.2. The summed E-state index contributed by atoms with van der Waals surface area (Å²) < 4.78 is 5.11. The molecule has 8 aromatic carbocycles. The number of aryl methyl sites for hydroxylation is 1. The van der Waals surface area contributed by atoms with Gasteiger partial charge in [0.2, 0.25) is 0 Å². The first-order valence-electron chi connectivity index (χ1n) is 21.1. The predicted molar refractivity (Wildman–Crippen MR) is 248 cm³/mol. The van der Waals surface area contributed by atoms with E-state index >= 15 is 0 Å². The van der Waals surface area contributed by atoms with Crippen molar-refractivity contribution >= 4 is 71.7 Å². The SMILES string of the molecule is CC1(C)c2ccccc2-c2cc3c(cc21)N=C(c1ccc(-n2c4ccc5ccccc5c4c4c5ccccc5ccc42)cc1)CC3n1c2c(c3ccccc31)CCC=C2. The zero-order valence-electron chi connectivity index (χ0n) is 33.2. The molecule has 2 aromatic heterocycles. The number of fused-ring (bicyclic) bond motifs is 14. The van der Waals surface area contributed by atoms with Crippen LogP contribution in [0.25, 0.3) is 77.1 Å². The molecule has 0 N–H and O–H groups in total. The number of hydrogen-bond donors (Lipinski definition) is 0. The zero-order valence-corrected chi connectivity index (χ0v) is 33.2. The van der Waals surface area contributed by atoms with Crippen LogP contribution in [0, 0.1) is 0 Å². The van der Waals surface area contributed by atoms with Crippen molar-refractivity contribution in [1.29, 1.82) is 0 Å². The minimum Gasteiger partial charge on any atom is -0.333 e. The van der Waals surface area contributed by atoms with Crippen LogP contribution in [0.3, 0.4) is 0 Å². The normalized spacial score (nSPS) is 16.4. The van der Waals surface area contributed by atoms with Crippen molar-refractivity contribution in [3.8, 4) is 16.8 Å². The molecule has 3 nitrogen and oxygen atoms in total. The van der Waals surface area contributed by atoms with Crippen LogP contribution >= 0.6 is 0 Å². The molecule has 0 fully saturated rings. The predicted octanol–water partition coefficient (Wildman–Crippen LogP) is 14.4. The van der Waals surface area contributed by atoms with Crippen molar-refractivity contribution in [3.63, 3.8) is 0 Å². The molecule has 0 saturated heterocycles. The largest absolute Gasteiger partial charge is 0.333 e. The van der Waals surface area contributed by atoms with E-state index in [4.69, 9.17) is 4.99 Å². The van der Waals surface area contributed by atoms with E-state index in [0.29, 0.717) is 0 Å². The highest BCUT2D eigenvalue weighted by Crippen LogP contribution is 2.53. The third kappa shape index (κ3) is 4.56. The van der Waals surface area contributed by atoms with Crippen LogP contribution in [-0.2, 0) is 11.8 Å². The number of allylic oxidation sites excluding steroid dienone is 1. The first kappa shape index (κ1) is 33.0. The Hall–Kier alpha value is -6.97. The molecule has 0 spiro atoms. The van der Waals surface area contributed by atoms with E-state index in [0.717, 1.165) is 36.3 Å². The van der Waals surface area contributed by atoms with Crippen LogP contribution in [0.15, 0.2) is 169 Å². The minimum atomic E-state index is -0.105. The van der Waals surface area contributed by atoms with Crippen LogP contribution < -0.4 is 0 Å². The van der Waals surface area contributed by atoms with Crippen molar-refractivity contribution in [2.45, 2.75) is 44.6 Å². The highest BCUT2D eigenvalue weighted by Gasteiger charge is 2.38. The van der Waals surface area contributed by atoms with Gasteiger partial charge >= 0.3 is 0 Å². The number of rotatable bonds is 3. The summed E-state index contributed by atoms with van der Waals surface area (Å²) in [4.78, 5) is 5.61. The molecule has 3 aliphatic rings. The fourth-order valence-corrected chi connectivity index (χ4v) is 11.2. The second kappa shape index (κ2) is 12.0. The van der Waals surface area contributed by atoms with Gasteiger partial charge in [-0.1, -0.05) is 135 Å². The van der Waals surface area contributed by atoms with Gasteiger partial charge in [0, 0.05) is 50.5 Å². The smallest absolute Gasteiger partial charge is 0.0689 e. The summed E-state index contributed by atoms with van der Waals surface area (Å²) in [5, 5.41) is 9.09. The molecule has 0 radical (unpaired) electrons. The molecule has 1 unspecified atom stereocenters. The van der Waals surface area contributed by atoms with E-state index < -0.39 is 0 Å². The maximum absolute atomic E-state index is 5.61. The lowest BCUT2D eigenvalue weighted by Gasteiger charge is -2.31. The van der Waals surface area contributed by atoms with Crippen molar-refractivity contribution in [1.82, 2.24) is 9.13 Å². The molecule has 10 aromatic rings. The molecule has 3 heterocycles. The van der Waals surface area contributed by atoms with Gasteiger partial charge in [0.05, 0.1) is 28.5 Å². The molecule has 1 atom stereocenters. The summed E-state index contributed by atoms with van der Waals surface area (Å²) in [6.45, 7) is 4.74. The summed E-state index contributed by atoms with van der Waals surface area (Å²) in [5.74, 6) is 0. The second-order valence-electron chi connectivity index (χ2n) is 17.3. The number of aliphatic imine (C=N–C) groups is 1. The minimum absolute atomic E-state index is 0.0913. The van der Waals surface area contributed by atoms with E-state index in [1.165, 1.54) is 98.9 Å². The Morgan fingerprint density at radius 2 is 1.25 bits per heavy atom. The van der Waals surface area contributed by atoms with Crippen LogP contribution in [0.1, 0.15) is 66.2 Å². The molecule has 0 saturated carbocycles. The molecule has 0 bridgehead atoms. The summed E-state index contributed by atoms with van der Waals surface area (Å²) in [7, 11) is 0. The van der Waals surface area contributed by atoms with Gasteiger partial charge in [0.25, 0.3) is 0 Å². The molecule has 2 aliphatic carbocycles. The van der Waals surface area contributed by atoms with Crippen molar-refractivity contribution in [2.75, 3.05) is 0 Å². The number of benzene rings is 8. The van der Waals surface area contributed by atoms with Gasteiger partial charge in [-0.05, 0) is 116 Å². The Morgan fingerprint density at radius 1 is 0.593 bits per heavy atom. The summed E-state index contributed by atoms with van der Waals surface area (Å²) in [6, 6.07) is 59.1. The average Bonchev–Trinajstić information content (AvgIpc) is 3.89. The Morgan fingerprint density at radius 3 is 2.00 bits per heavy atom. The van der Waals surface area contributed by atoms with E-state index in [-0.39, 0.29) is 11.5 Å². The first-order valence-corrected chi connectivity index (χ1v) is 21.1. The zero-order chi connectivity index (χ0) is 39.0. The monoisotopic (exact) mass is 755 g/mol. The van der Waals surface area contributed by atoms with Gasteiger partial charge < -0.3 is 9.13 Å². The molecule has 59 heavy (non-hydrogen) atoms. The van der Waals surface area contributed by atoms with Gasteiger partial charge in [-0.25, -0.2) is 0 Å². The molecule has 1 aliphatic heterocycles. The van der Waals surface area contributed by atoms with Gasteiger partial charge in [0.15, 0.2) is 0 Å².